The second kappa shape index (κ2) is 8.13. The minimum atomic E-state index is -0.945. The van der Waals surface area contributed by atoms with Gasteiger partial charge in [-0.25, -0.2) is 14.4 Å². The van der Waals surface area contributed by atoms with Gasteiger partial charge in [0.2, 0.25) is 0 Å². The van der Waals surface area contributed by atoms with Gasteiger partial charge in [0.1, 0.15) is 18.0 Å². The molecule has 1 amide bonds. The summed E-state index contributed by atoms with van der Waals surface area (Å²) in [6.45, 7) is 0.0771. The Morgan fingerprint density at radius 2 is 2.17 bits per heavy atom. The number of fused-ring (bicyclic) bond motifs is 1. The molecule has 0 saturated heterocycles. The minimum Gasteiger partial charge on any atom is -0.390 e. The maximum absolute atomic E-state index is 13.5. The molecule has 1 saturated carbocycles. The van der Waals surface area contributed by atoms with Crippen LogP contribution in [0.4, 0.5) is 10.2 Å². The summed E-state index contributed by atoms with van der Waals surface area (Å²) in [5, 5.41) is 30.5. The number of benzene rings is 1. The fraction of sp³-hybridized carbons (Fsp3) is 0.368. The second-order valence-electron chi connectivity index (χ2n) is 7.30. The molecule has 0 bridgehead atoms. The van der Waals surface area contributed by atoms with Gasteiger partial charge in [0.05, 0.1) is 23.6 Å². The Kier molecular flexibility index (Phi) is 5.54. The number of nitrogens with zero attached hydrogens (tertiary/aromatic N) is 4. The third kappa shape index (κ3) is 3.81. The lowest BCUT2D eigenvalue weighted by Crippen LogP contribution is -2.34. The SMILES string of the molecule is CN(Cc1cc(F)ccc1Cl)C(=O)c1n[nH]c2ncnc(N[C@@H]3CC[C@@H](O)[C@H]3O)c12. The number of aromatic amines is 1. The molecule has 0 spiro atoms. The lowest BCUT2D eigenvalue weighted by molar-refractivity contribution is 0.0392. The van der Waals surface area contributed by atoms with Crippen molar-refractivity contribution in [1.29, 1.82) is 0 Å². The number of rotatable bonds is 5. The average molecular weight is 435 g/mol. The summed E-state index contributed by atoms with van der Waals surface area (Å²) in [6, 6.07) is 3.54. The molecule has 1 aromatic carbocycles. The van der Waals surface area contributed by atoms with E-state index in [9.17, 15) is 19.4 Å². The predicted octanol–water partition coefficient (Wildman–Crippen LogP) is 1.71. The molecule has 1 aliphatic rings. The molecule has 0 unspecified atom stereocenters. The van der Waals surface area contributed by atoms with Gasteiger partial charge in [-0.1, -0.05) is 11.6 Å². The maximum atomic E-state index is 13.5. The number of aliphatic hydroxyl groups is 2. The van der Waals surface area contributed by atoms with Crippen molar-refractivity contribution in [3.05, 3.63) is 46.6 Å². The number of anilines is 1. The van der Waals surface area contributed by atoms with E-state index in [1.54, 1.807) is 7.05 Å². The van der Waals surface area contributed by atoms with Crippen LogP contribution in [0.5, 0.6) is 0 Å². The van der Waals surface area contributed by atoms with E-state index < -0.39 is 30.0 Å². The molecule has 30 heavy (non-hydrogen) atoms. The van der Waals surface area contributed by atoms with E-state index >= 15 is 0 Å². The molecule has 0 aliphatic heterocycles. The quantitative estimate of drug-likeness (QED) is 0.481. The highest BCUT2D eigenvalue weighted by Gasteiger charge is 2.34. The van der Waals surface area contributed by atoms with Crippen LogP contribution in [0.3, 0.4) is 0 Å². The molecule has 4 rings (SSSR count). The molecule has 3 atom stereocenters. The van der Waals surface area contributed by atoms with Crippen molar-refractivity contribution in [1.82, 2.24) is 25.1 Å². The fourth-order valence-corrected chi connectivity index (χ4v) is 3.77. The first-order chi connectivity index (χ1) is 14.3. The number of carbonyl (C=O) groups excluding carboxylic acids is 1. The predicted molar refractivity (Wildman–Crippen MR) is 108 cm³/mol. The summed E-state index contributed by atoms with van der Waals surface area (Å²) < 4.78 is 13.5. The Labute approximate surface area is 175 Å². The van der Waals surface area contributed by atoms with Gasteiger partial charge < -0.3 is 20.4 Å². The zero-order valence-electron chi connectivity index (χ0n) is 16.0. The second-order valence-corrected chi connectivity index (χ2v) is 7.71. The van der Waals surface area contributed by atoms with Gasteiger partial charge >= 0.3 is 0 Å². The number of halogens is 2. The molecule has 4 N–H and O–H groups in total. The van der Waals surface area contributed by atoms with Crippen LogP contribution in [0.25, 0.3) is 11.0 Å². The number of aromatic nitrogens is 4. The highest BCUT2D eigenvalue weighted by atomic mass is 35.5. The van der Waals surface area contributed by atoms with E-state index in [2.05, 4.69) is 25.5 Å². The molecule has 2 heterocycles. The summed E-state index contributed by atoms with van der Waals surface area (Å²) in [5.74, 6) is -0.559. The molecule has 2 aromatic heterocycles. The smallest absolute Gasteiger partial charge is 0.275 e. The molecule has 158 valence electrons. The highest BCUT2D eigenvalue weighted by molar-refractivity contribution is 6.31. The van der Waals surface area contributed by atoms with Crippen molar-refractivity contribution in [2.45, 2.75) is 37.6 Å². The van der Waals surface area contributed by atoms with E-state index in [1.807, 2.05) is 0 Å². The van der Waals surface area contributed by atoms with E-state index in [4.69, 9.17) is 11.6 Å². The molecule has 3 aromatic rings. The first kappa shape index (κ1) is 20.5. The van der Waals surface area contributed by atoms with Crippen LogP contribution in [0, 0.1) is 5.82 Å². The summed E-state index contributed by atoms with van der Waals surface area (Å²) in [6.07, 6.45) is 0.561. The summed E-state index contributed by atoms with van der Waals surface area (Å²) in [4.78, 5) is 22.7. The zero-order chi connectivity index (χ0) is 21.4. The van der Waals surface area contributed by atoms with Crippen LogP contribution in [0.2, 0.25) is 5.02 Å². The topological polar surface area (TPSA) is 127 Å². The Morgan fingerprint density at radius 1 is 1.37 bits per heavy atom. The van der Waals surface area contributed by atoms with E-state index in [-0.39, 0.29) is 12.2 Å². The number of amides is 1. The van der Waals surface area contributed by atoms with Crippen LogP contribution in [-0.2, 0) is 6.54 Å². The summed E-state index contributed by atoms with van der Waals surface area (Å²) in [5.41, 5.74) is 0.891. The van der Waals surface area contributed by atoms with E-state index in [0.29, 0.717) is 40.3 Å². The van der Waals surface area contributed by atoms with E-state index in [0.717, 1.165) is 0 Å². The maximum Gasteiger partial charge on any atom is 0.275 e. The van der Waals surface area contributed by atoms with Gasteiger partial charge in [-0.3, -0.25) is 9.89 Å². The van der Waals surface area contributed by atoms with Gasteiger partial charge in [-0.15, -0.1) is 0 Å². The van der Waals surface area contributed by atoms with Crippen molar-refractivity contribution in [3.8, 4) is 0 Å². The van der Waals surface area contributed by atoms with Gasteiger partial charge in [0.15, 0.2) is 11.3 Å². The molecular weight excluding hydrogens is 415 g/mol. The number of nitrogens with one attached hydrogen (secondary N) is 2. The van der Waals surface area contributed by atoms with Crippen molar-refractivity contribution in [2.24, 2.45) is 0 Å². The monoisotopic (exact) mass is 434 g/mol. The minimum absolute atomic E-state index is 0.0771. The third-order valence-electron chi connectivity index (χ3n) is 5.22. The lowest BCUT2D eigenvalue weighted by atomic mass is 10.1. The summed E-state index contributed by atoms with van der Waals surface area (Å²) >= 11 is 6.11. The molecule has 11 heteroatoms. The highest BCUT2D eigenvalue weighted by Crippen LogP contribution is 2.28. The molecular formula is C19H20ClFN6O3. The van der Waals surface area contributed by atoms with Gasteiger partial charge in [-0.2, -0.15) is 5.10 Å². The average Bonchev–Trinajstić information content (AvgIpc) is 3.29. The number of carbonyl (C=O) groups is 1. The number of H-pyrrole nitrogens is 1. The molecule has 1 aliphatic carbocycles. The van der Waals surface area contributed by atoms with Crippen LogP contribution in [-0.4, -0.2) is 66.5 Å². The Balaban J connectivity index is 1.62. The molecule has 0 radical (unpaired) electrons. The molecule has 9 nitrogen and oxygen atoms in total. The van der Waals surface area contributed by atoms with E-state index in [1.165, 1.54) is 29.4 Å². The van der Waals surface area contributed by atoms with Crippen LogP contribution in [0.15, 0.2) is 24.5 Å². The number of hydrogen-bond acceptors (Lipinski definition) is 7. The first-order valence-corrected chi connectivity index (χ1v) is 9.74. The van der Waals surface area contributed by atoms with Gasteiger partial charge in [0.25, 0.3) is 5.91 Å². The summed E-state index contributed by atoms with van der Waals surface area (Å²) in [7, 11) is 1.55. The number of aliphatic hydroxyl groups excluding tert-OH is 2. The van der Waals surface area contributed by atoms with Gasteiger partial charge in [0, 0.05) is 18.6 Å². The Morgan fingerprint density at radius 3 is 2.90 bits per heavy atom. The van der Waals surface area contributed by atoms with Crippen molar-refractivity contribution < 1.29 is 19.4 Å². The first-order valence-electron chi connectivity index (χ1n) is 9.36. The van der Waals surface area contributed by atoms with Crippen LogP contribution < -0.4 is 5.32 Å². The zero-order valence-corrected chi connectivity index (χ0v) is 16.8. The third-order valence-corrected chi connectivity index (χ3v) is 5.59. The fourth-order valence-electron chi connectivity index (χ4n) is 3.59. The van der Waals surface area contributed by atoms with Crippen molar-refractivity contribution in [3.63, 3.8) is 0 Å². The van der Waals surface area contributed by atoms with Gasteiger partial charge in [-0.05, 0) is 36.6 Å². The van der Waals surface area contributed by atoms with Crippen molar-refractivity contribution >= 4 is 34.4 Å². The molecule has 1 fully saturated rings. The normalized spacial score (nSPS) is 21.2. The Hall–Kier alpha value is -2.82. The van der Waals surface area contributed by atoms with Crippen LogP contribution in [0.1, 0.15) is 28.9 Å². The Bertz CT molecular complexity index is 1090. The lowest BCUT2D eigenvalue weighted by Gasteiger charge is -2.20. The van der Waals surface area contributed by atoms with Crippen LogP contribution >= 0.6 is 11.6 Å². The standard InChI is InChI=1S/C19H20ClFN6O3/c1-27(7-9-6-10(21)2-3-11(9)20)19(30)15-14-17(22-8-23-18(14)26-25-15)24-12-4-5-13(28)16(12)29/h2-3,6,8,12-13,16,28-29H,4-5,7H2,1H3,(H2,22,23,24,25,26)/t12-,13-,16+/m1/s1. The largest absolute Gasteiger partial charge is 0.390 e. The number of hydrogen-bond donors (Lipinski definition) is 4. The van der Waals surface area contributed by atoms with Crippen molar-refractivity contribution in [2.75, 3.05) is 12.4 Å².